The van der Waals surface area contributed by atoms with Gasteiger partial charge in [-0.15, -0.1) is 13.2 Å². The van der Waals surface area contributed by atoms with Gasteiger partial charge in [-0.05, 0) is 23.9 Å². The molecule has 1 rings (SSSR count). The number of nitrogens with zero attached hydrogens (tertiary/aromatic N) is 1. The number of alkyl halides is 6. The Morgan fingerprint density at radius 3 is 2.23 bits per heavy atom. The third-order valence-electron chi connectivity index (χ3n) is 2.04. The van der Waals surface area contributed by atoms with Crippen molar-refractivity contribution in [3.05, 3.63) is 23.3 Å². The third kappa shape index (κ3) is 5.03. The van der Waals surface area contributed by atoms with Crippen molar-refractivity contribution in [2.45, 2.75) is 16.8 Å². The molecule has 22 heavy (non-hydrogen) atoms. The molecule has 0 saturated carbocycles. The van der Waals surface area contributed by atoms with Gasteiger partial charge in [0.25, 0.3) is 0 Å². The van der Waals surface area contributed by atoms with Crippen molar-refractivity contribution >= 4 is 17.7 Å². The summed E-state index contributed by atoms with van der Waals surface area (Å²) >= 11 is -0.859. The first-order valence-corrected chi connectivity index (χ1v) is 5.96. The Bertz CT molecular complexity index is 583. The van der Waals surface area contributed by atoms with Gasteiger partial charge in [0, 0.05) is 4.90 Å². The average Bonchev–Trinajstić information content (AvgIpc) is 2.33. The summed E-state index contributed by atoms with van der Waals surface area (Å²) in [5.74, 6) is -2.71. The number of rotatable bonds is 3. The van der Waals surface area contributed by atoms with Crippen LogP contribution in [0.25, 0.3) is 0 Å². The van der Waals surface area contributed by atoms with E-state index in [1.54, 1.807) is 0 Å². The zero-order valence-corrected chi connectivity index (χ0v) is 11.3. The summed E-state index contributed by atoms with van der Waals surface area (Å²) in [6, 6.07) is 2.50. The van der Waals surface area contributed by atoms with E-state index in [0.717, 1.165) is 7.11 Å². The molecule has 0 N–H and O–H groups in total. The van der Waals surface area contributed by atoms with Gasteiger partial charge in [0.2, 0.25) is 0 Å². The summed E-state index contributed by atoms with van der Waals surface area (Å²) in [4.78, 5) is 10.6. The van der Waals surface area contributed by atoms with Crippen molar-refractivity contribution in [3.8, 4) is 11.8 Å². The van der Waals surface area contributed by atoms with Crippen molar-refractivity contribution in [1.82, 2.24) is 0 Å². The summed E-state index contributed by atoms with van der Waals surface area (Å²) in [6.07, 6.45) is -5.27. The van der Waals surface area contributed by atoms with Crippen LogP contribution in [0.3, 0.4) is 0 Å². The predicted molar refractivity (Wildman–Crippen MR) is 61.1 cm³/mol. The molecule has 0 fully saturated rings. The molecule has 4 nitrogen and oxygen atoms in total. The van der Waals surface area contributed by atoms with E-state index in [9.17, 15) is 31.1 Å². The smallest absolute Gasteiger partial charge is 0.465 e. The molecule has 0 bridgehead atoms. The fraction of sp³-hybridized carbons (Fsp3) is 0.273. The number of ether oxygens (including phenoxy) is 2. The molecule has 0 atom stereocenters. The maximum absolute atomic E-state index is 12.5. The van der Waals surface area contributed by atoms with E-state index in [-0.39, 0.29) is 0 Å². The number of benzene rings is 1. The summed E-state index contributed by atoms with van der Waals surface area (Å²) in [5.41, 5.74) is -6.51. The van der Waals surface area contributed by atoms with Crippen LogP contribution < -0.4 is 4.74 Å². The summed E-state index contributed by atoms with van der Waals surface area (Å²) in [5, 5.41) is 8.68. The average molecular weight is 345 g/mol. The molecule has 1 aromatic rings. The Hall–Kier alpha value is -2.09. The molecule has 0 aromatic heterocycles. The van der Waals surface area contributed by atoms with Gasteiger partial charge in [0.15, 0.2) is 0 Å². The second-order valence-electron chi connectivity index (χ2n) is 3.55. The number of carbonyl (C=O) groups excluding carboxylic acids is 1. The number of methoxy groups -OCH3 is 1. The lowest BCUT2D eigenvalue weighted by Gasteiger charge is -2.16. The zero-order chi connectivity index (χ0) is 17.1. The number of carbonyl (C=O) groups is 1. The van der Waals surface area contributed by atoms with Crippen LogP contribution in [0.5, 0.6) is 5.75 Å². The van der Waals surface area contributed by atoms with Crippen molar-refractivity contribution in [3.63, 3.8) is 0 Å². The monoisotopic (exact) mass is 345 g/mol. The van der Waals surface area contributed by atoms with Gasteiger partial charge >= 0.3 is 17.8 Å². The molecule has 11 heteroatoms. The molecule has 0 unspecified atom stereocenters. The summed E-state index contributed by atoms with van der Waals surface area (Å²) in [6.45, 7) is 0. The fourth-order valence-corrected chi connectivity index (χ4v) is 2.09. The Morgan fingerprint density at radius 2 is 1.82 bits per heavy atom. The number of hydrogen-bond donors (Lipinski definition) is 0. The molecule has 0 saturated heterocycles. The highest BCUT2D eigenvalue weighted by atomic mass is 32.2. The fourth-order valence-electron chi connectivity index (χ4n) is 1.37. The minimum Gasteiger partial charge on any atom is -0.465 e. The number of thioether (sulfide) groups is 1. The van der Waals surface area contributed by atoms with Gasteiger partial charge in [-0.3, -0.25) is 0 Å². The van der Waals surface area contributed by atoms with E-state index in [0.29, 0.717) is 12.1 Å². The lowest BCUT2D eigenvalue weighted by molar-refractivity contribution is -0.274. The first kappa shape index (κ1) is 18.0. The van der Waals surface area contributed by atoms with Crippen LogP contribution in [0.2, 0.25) is 0 Å². The van der Waals surface area contributed by atoms with Crippen molar-refractivity contribution in [2.75, 3.05) is 7.11 Å². The van der Waals surface area contributed by atoms with Gasteiger partial charge in [0.1, 0.15) is 11.3 Å². The highest BCUT2D eigenvalue weighted by molar-refractivity contribution is 8.00. The number of esters is 1. The lowest BCUT2D eigenvalue weighted by Crippen LogP contribution is -2.20. The third-order valence-corrected chi connectivity index (χ3v) is 2.81. The van der Waals surface area contributed by atoms with E-state index in [1.165, 1.54) is 6.07 Å². The standard InChI is InChI=1S/C11H5F6NO3S/c1-20-9(19)8-6(21-10(12,13)14)2-5(4-18)3-7(8)22-11(15,16)17/h2-3H,1H3. The number of hydrogen-bond acceptors (Lipinski definition) is 5. The van der Waals surface area contributed by atoms with Crippen LogP contribution in [0.4, 0.5) is 26.3 Å². The largest absolute Gasteiger partial charge is 0.573 e. The van der Waals surface area contributed by atoms with E-state index < -0.39 is 51.4 Å². The second kappa shape index (κ2) is 6.35. The molecular formula is C11H5F6NO3S. The lowest BCUT2D eigenvalue weighted by atomic mass is 10.1. The number of halogens is 6. The predicted octanol–water partition coefficient (Wildman–Crippen LogP) is 3.86. The zero-order valence-electron chi connectivity index (χ0n) is 10.5. The van der Waals surface area contributed by atoms with Crippen LogP contribution in [-0.4, -0.2) is 24.9 Å². The van der Waals surface area contributed by atoms with E-state index in [1.807, 2.05) is 0 Å². The Kier molecular flexibility index (Phi) is 5.18. The minimum atomic E-state index is -5.27. The molecule has 120 valence electrons. The SMILES string of the molecule is COC(=O)c1c(OC(F)(F)F)cc(C#N)cc1SC(F)(F)F. The topological polar surface area (TPSA) is 59.3 Å². The number of nitriles is 1. The maximum Gasteiger partial charge on any atom is 0.573 e. The van der Waals surface area contributed by atoms with Gasteiger partial charge in [-0.2, -0.15) is 18.4 Å². The quantitative estimate of drug-likeness (QED) is 0.473. The molecule has 0 aliphatic carbocycles. The molecule has 0 aliphatic rings. The van der Waals surface area contributed by atoms with Crippen LogP contribution >= 0.6 is 11.8 Å². The summed E-state index contributed by atoms with van der Waals surface area (Å²) < 4.78 is 82.0. The minimum absolute atomic E-state index is 0.500. The molecule has 0 amide bonds. The highest BCUT2D eigenvalue weighted by Crippen LogP contribution is 2.42. The van der Waals surface area contributed by atoms with Gasteiger partial charge in [-0.25, -0.2) is 4.79 Å². The van der Waals surface area contributed by atoms with Gasteiger partial charge in [0.05, 0.1) is 18.7 Å². The van der Waals surface area contributed by atoms with Crippen molar-refractivity contribution in [2.24, 2.45) is 0 Å². The molecule has 1 aromatic carbocycles. The molecular weight excluding hydrogens is 340 g/mol. The summed E-state index contributed by atoms with van der Waals surface area (Å²) in [7, 11) is 0.778. The van der Waals surface area contributed by atoms with E-state index in [2.05, 4.69) is 9.47 Å². The van der Waals surface area contributed by atoms with Crippen LogP contribution in [0, 0.1) is 11.3 Å². The Morgan fingerprint density at radius 1 is 1.23 bits per heavy atom. The molecule has 0 heterocycles. The first-order valence-electron chi connectivity index (χ1n) is 5.15. The van der Waals surface area contributed by atoms with Crippen LogP contribution in [0.15, 0.2) is 17.0 Å². The van der Waals surface area contributed by atoms with E-state index in [4.69, 9.17) is 5.26 Å². The van der Waals surface area contributed by atoms with Gasteiger partial charge < -0.3 is 9.47 Å². The normalized spacial score (nSPS) is 11.7. The Labute approximate surface area is 123 Å². The van der Waals surface area contributed by atoms with E-state index >= 15 is 0 Å². The molecule has 0 radical (unpaired) electrons. The second-order valence-corrected chi connectivity index (χ2v) is 4.65. The van der Waals surface area contributed by atoms with Crippen LogP contribution in [0.1, 0.15) is 15.9 Å². The highest BCUT2D eigenvalue weighted by Gasteiger charge is 2.37. The Balaban J connectivity index is 3.55. The molecule has 0 aliphatic heterocycles. The van der Waals surface area contributed by atoms with Gasteiger partial charge in [-0.1, -0.05) is 0 Å². The van der Waals surface area contributed by atoms with Crippen LogP contribution in [-0.2, 0) is 4.74 Å². The maximum atomic E-state index is 12.5. The van der Waals surface area contributed by atoms with Crippen molar-refractivity contribution < 1.29 is 40.6 Å². The molecule has 0 spiro atoms. The first-order chi connectivity index (χ1) is 9.96. The van der Waals surface area contributed by atoms with Crippen molar-refractivity contribution in [1.29, 1.82) is 5.26 Å².